The van der Waals surface area contributed by atoms with Crippen LogP contribution in [0.25, 0.3) is 28.2 Å². The SMILES string of the molecule is COc1ccccc1-c1cc(C(=O)N2CCN(Cc3ccc4c(c3)OCO4)CC2)nc2cc(-c3ccccc3)nn12. The number of amides is 1. The number of carbonyl (C=O) groups is 1. The fraction of sp³-hybridized carbons (Fsp3) is 0.219. The van der Waals surface area contributed by atoms with Gasteiger partial charge in [-0.1, -0.05) is 48.5 Å². The van der Waals surface area contributed by atoms with E-state index < -0.39 is 0 Å². The summed E-state index contributed by atoms with van der Waals surface area (Å²) in [5, 5.41) is 4.87. The molecule has 1 saturated heterocycles. The van der Waals surface area contributed by atoms with Crippen molar-refractivity contribution in [3.63, 3.8) is 0 Å². The molecule has 0 unspecified atom stereocenters. The molecule has 2 aromatic heterocycles. The zero-order valence-corrected chi connectivity index (χ0v) is 22.7. The van der Waals surface area contributed by atoms with Crippen molar-refractivity contribution < 1.29 is 19.0 Å². The molecule has 9 heteroatoms. The highest BCUT2D eigenvalue weighted by Crippen LogP contribution is 2.34. The standard InChI is InChI=1S/C32H29N5O4/c1-39-28-10-6-5-9-24(28)27-18-26(33-31-19-25(34-37(27)31)23-7-3-2-4-8-23)32(38)36-15-13-35(14-16-36)20-22-11-12-29-30(17-22)41-21-40-29/h2-12,17-19H,13-16,20-21H2,1H3. The van der Waals surface area contributed by atoms with E-state index in [0.29, 0.717) is 30.2 Å². The van der Waals surface area contributed by atoms with Crippen molar-refractivity contribution in [2.24, 2.45) is 0 Å². The first-order valence-corrected chi connectivity index (χ1v) is 13.7. The van der Waals surface area contributed by atoms with Gasteiger partial charge in [-0.2, -0.15) is 5.10 Å². The van der Waals surface area contributed by atoms with E-state index in [1.165, 1.54) is 0 Å². The maximum Gasteiger partial charge on any atom is 0.272 e. The van der Waals surface area contributed by atoms with E-state index in [-0.39, 0.29) is 12.7 Å². The average Bonchev–Trinajstić information content (AvgIpc) is 3.68. The Bertz CT molecular complexity index is 1730. The molecule has 3 aromatic carbocycles. The van der Waals surface area contributed by atoms with E-state index in [1.807, 2.05) is 83.8 Å². The molecule has 0 N–H and O–H groups in total. The van der Waals surface area contributed by atoms with E-state index in [0.717, 1.165) is 59.2 Å². The van der Waals surface area contributed by atoms with Gasteiger partial charge in [0.1, 0.15) is 11.4 Å². The van der Waals surface area contributed by atoms with Crippen molar-refractivity contribution in [3.8, 4) is 39.8 Å². The van der Waals surface area contributed by atoms with Gasteiger partial charge in [-0.05, 0) is 35.9 Å². The van der Waals surface area contributed by atoms with Crippen molar-refractivity contribution in [2.45, 2.75) is 6.54 Å². The minimum absolute atomic E-state index is 0.0890. The van der Waals surface area contributed by atoms with Crippen LogP contribution in [-0.2, 0) is 6.54 Å². The normalized spacial score (nSPS) is 14.9. The highest BCUT2D eigenvalue weighted by atomic mass is 16.7. The first-order valence-electron chi connectivity index (χ1n) is 13.7. The molecule has 41 heavy (non-hydrogen) atoms. The number of methoxy groups -OCH3 is 1. The zero-order valence-electron chi connectivity index (χ0n) is 22.7. The predicted molar refractivity (Wildman–Crippen MR) is 154 cm³/mol. The van der Waals surface area contributed by atoms with E-state index in [2.05, 4.69) is 11.0 Å². The van der Waals surface area contributed by atoms with Gasteiger partial charge in [0.25, 0.3) is 5.91 Å². The second-order valence-electron chi connectivity index (χ2n) is 10.1. The van der Waals surface area contributed by atoms with Gasteiger partial charge in [0.05, 0.1) is 18.5 Å². The van der Waals surface area contributed by atoms with Gasteiger partial charge in [-0.25, -0.2) is 9.50 Å². The Labute approximate surface area is 237 Å². The van der Waals surface area contributed by atoms with Gasteiger partial charge in [0.2, 0.25) is 6.79 Å². The summed E-state index contributed by atoms with van der Waals surface area (Å²) < 4.78 is 18.4. The number of fused-ring (bicyclic) bond motifs is 2. The van der Waals surface area contributed by atoms with Crippen LogP contribution in [0.5, 0.6) is 17.2 Å². The number of aromatic nitrogens is 3. The third-order valence-corrected chi connectivity index (χ3v) is 7.60. The molecule has 206 valence electrons. The Morgan fingerprint density at radius 1 is 0.878 bits per heavy atom. The van der Waals surface area contributed by atoms with Crippen molar-refractivity contribution >= 4 is 11.6 Å². The Kier molecular flexibility index (Phi) is 6.48. The third kappa shape index (κ3) is 4.85. The topological polar surface area (TPSA) is 81.4 Å². The lowest BCUT2D eigenvalue weighted by Crippen LogP contribution is -2.48. The summed E-state index contributed by atoms with van der Waals surface area (Å²) in [6, 6.07) is 27.5. The first-order chi connectivity index (χ1) is 20.2. The molecule has 5 aromatic rings. The molecule has 0 atom stereocenters. The highest BCUT2D eigenvalue weighted by molar-refractivity contribution is 5.94. The van der Waals surface area contributed by atoms with Crippen molar-refractivity contribution in [1.29, 1.82) is 0 Å². The highest BCUT2D eigenvalue weighted by Gasteiger charge is 2.26. The summed E-state index contributed by atoms with van der Waals surface area (Å²) in [6.07, 6.45) is 0. The molecule has 1 fully saturated rings. The largest absolute Gasteiger partial charge is 0.496 e. The van der Waals surface area contributed by atoms with Gasteiger partial charge < -0.3 is 19.1 Å². The number of rotatable bonds is 6. The second-order valence-corrected chi connectivity index (χ2v) is 10.1. The van der Waals surface area contributed by atoms with E-state index >= 15 is 0 Å². The van der Waals surface area contributed by atoms with Crippen LogP contribution in [0.2, 0.25) is 0 Å². The number of nitrogens with zero attached hydrogens (tertiary/aromatic N) is 5. The number of para-hydroxylation sites is 1. The van der Waals surface area contributed by atoms with E-state index in [4.69, 9.17) is 24.3 Å². The summed E-state index contributed by atoms with van der Waals surface area (Å²) in [4.78, 5) is 22.8. The maximum atomic E-state index is 13.8. The second kappa shape index (κ2) is 10.6. The van der Waals surface area contributed by atoms with Crippen molar-refractivity contribution in [1.82, 2.24) is 24.4 Å². The van der Waals surface area contributed by atoms with Crippen molar-refractivity contribution in [3.05, 3.63) is 96.2 Å². The van der Waals surface area contributed by atoms with Crippen LogP contribution < -0.4 is 14.2 Å². The van der Waals surface area contributed by atoms with E-state index in [1.54, 1.807) is 11.6 Å². The molecule has 0 spiro atoms. The molecule has 0 aliphatic carbocycles. The molecular weight excluding hydrogens is 518 g/mol. The summed E-state index contributed by atoms with van der Waals surface area (Å²) >= 11 is 0. The Balaban J connectivity index is 1.16. The molecule has 1 amide bonds. The third-order valence-electron chi connectivity index (χ3n) is 7.60. The quantitative estimate of drug-likeness (QED) is 0.303. The van der Waals surface area contributed by atoms with Gasteiger partial charge >= 0.3 is 0 Å². The summed E-state index contributed by atoms with van der Waals surface area (Å²) in [5.41, 5.74) is 5.52. The molecule has 0 radical (unpaired) electrons. The molecule has 4 heterocycles. The predicted octanol–water partition coefficient (Wildman–Crippen LogP) is 4.76. The van der Waals surface area contributed by atoms with Crippen LogP contribution in [-0.4, -0.2) is 70.4 Å². The lowest BCUT2D eigenvalue weighted by molar-refractivity contribution is 0.0623. The minimum atomic E-state index is -0.0890. The molecule has 7 rings (SSSR count). The Hall–Kier alpha value is -4.89. The fourth-order valence-electron chi connectivity index (χ4n) is 5.45. The number of carbonyl (C=O) groups excluding carboxylic acids is 1. The van der Waals surface area contributed by atoms with Gasteiger partial charge in [-0.3, -0.25) is 9.69 Å². The summed E-state index contributed by atoms with van der Waals surface area (Å²) in [6.45, 7) is 3.84. The van der Waals surface area contributed by atoms with Crippen LogP contribution in [0.3, 0.4) is 0 Å². The molecular formula is C32H29N5O4. The zero-order chi connectivity index (χ0) is 27.8. The van der Waals surface area contributed by atoms with Gasteiger partial charge in [-0.15, -0.1) is 0 Å². The van der Waals surface area contributed by atoms with E-state index in [9.17, 15) is 4.79 Å². The monoisotopic (exact) mass is 547 g/mol. The minimum Gasteiger partial charge on any atom is -0.496 e. The number of hydrogen-bond donors (Lipinski definition) is 0. The fourth-order valence-corrected chi connectivity index (χ4v) is 5.45. The smallest absolute Gasteiger partial charge is 0.272 e. The van der Waals surface area contributed by atoms with Crippen molar-refractivity contribution in [2.75, 3.05) is 40.1 Å². The lowest BCUT2D eigenvalue weighted by atomic mass is 10.1. The van der Waals surface area contributed by atoms with Gasteiger partial charge in [0, 0.05) is 49.9 Å². The number of ether oxygens (including phenoxy) is 3. The number of piperazine rings is 1. The first kappa shape index (κ1) is 25.1. The average molecular weight is 548 g/mol. The Morgan fingerprint density at radius 2 is 1.66 bits per heavy atom. The summed E-state index contributed by atoms with van der Waals surface area (Å²) in [7, 11) is 1.64. The molecule has 0 bridgehead atoms. The van der Waals surface area contributed by atoms with Crippen LogP contribution in [0.15, 0.2) is 84.9 Å². The number of benzene rings is 3. The number of hydrogen-bond acceptors (Lipinski definition) is 7. The van der Waals surface area contributed by atoms with Crippen LogP contribution in [0.4, 0.5) is 0 Å². The van der Waals surface area contributed by atoms with Crippen LogP contribution in [0, 0.1) is 0 Å². The molecule has 2 aliphatic heterocycles. The van der Waals surface area contributed by atoms with Crippen LogP contribution in [0.1, 0.15) is 16.1 Å². The molecule has 2 aliphatic rings. The van der Waals surface area contributed by atoms with Gasteiger partial charge in [0.15, 0.2) is 17.1 Å². The molecule has 0 saturated carbocycles. The molecule has 9 nitrogen and oxygen atoms in total. The summed E-state index contributed by atoms with van der Waals surface area (Å²) in [5.74, 6) is 2.19. The maximum absolute atomic E-state index is 13.8. The van der Waals surface area contributed by atoms with Crippen LogP contribution >= 0.6 is 0 Å². The lowest BCUT2D eigenvalue weighted by Gasteiger charge is -2.34. The Morgan fingerprint density at radius 3 is 2.49 bits per heavy atom.